The molecule has 4 nitrogen and oxygen atoms in total. The van der Waals surface area contributed by atoms with Crippen LogP contribution in [0.3, 0.4) is 0 Å². The summed E-state index contributed by atoms with van der Waals surface area (Å²) < 4.78 is 10.2. The third kappa shape index (κ3) is 1.91. The van der Waals surface area contributed by atoms with Gasteiger partial charge in [-0.1, -0.05) is 6.58 Å². The topological polar surface area (TPSA) is 55.8 Å². The highest BCUT2D eigenvalue weighted by Crippen LogP contribution is 2.39. The molecule has 0 fully saturated rings. The molecule has 1 N–H and O–H groups in total. The average Bonchev–Trinajstić information content (AvgIpc) is 2.65. The summed E-state index contributed by atoms with van der Waals surface area (Å²) in [5, 5.41) is 10.1. The lowest BCUT2D eigenvalue weighted by Crippen LogP contribution is -2.19. The summed E-state index contributed by atoms with van der Waals surface area (Å²) in [6, 6.07) is 4.86. The van der Waals surface area contributed by atoms with Gasteiger partial charge in [0.25, 0.3) is 0 Å². The number of methoxy groups -OCH3 is 1. The van der Waals surface area contributed by atoms with E-state index in [-0.39, 0.29) is 0 Å². The van der Waals surface area contributed by atoms with Gasteiger partial charge in [0.1, 0.15) is 18.0 Å². The zero-order valence-corrected chi connectivity index (χ0v) is 9.77. The van der Waals surface area contributed by atoms with Gasteiger partial charge in [-0.05, 0) is 30.7 Å². The molecule has 0 amide bonds. The summed E-state index contributed by atoms with van der Waals surface area (Å²) in [5.41, 5.74) is 1.74. The molecule has 0 bridgehead atoms. The zero-order valence-electron chi connectivity index (χ0n) is 9.77. The van der Waals surface area contributed by atoms with E-state index in [9.17, 15) is 9.90 Å². The number of rotatable bonds is 2. The normalized spacial score (nSPS) is 21.6. The molecule has 90 valence electrons. The molecule has 4 heteroatoms. The number of aliphatic hydroxyl groups excluding tert-OH is 1. The second-order valence-corrected chi connectivity index (χ2v) is 4.07. The average molecular weight is 234 g/mol. The van der Waals surface area contributed by atoms with Crippen molar-refractivity contribution in [3.63, 3.8) is 0 Å². The molecule has 0 radical (unpaired) electrons. The molecular formula is C13H14O4. The monoisotopic (exact) mass is 234 g/mol. The molecule has 0 saturated heterocycles. The number of fused-ring (bicyclic) bond motifs is 1. The summed E-state index contributed by atoms with van der Waals surface area (Å²) in [6.45, 7) is 5.56. The Labute approximate surface area is 99.5 Å². The number of ether oxygens (including phenoxy) is 2. The van der Waals surface area contributed by atoms with E-state index in [1.54, 1.807) is 25.1 Å². The van der Waals surface area contributed by atoms with Gasteiger partial charge in [-0.15, -0.1) is 0 Å². The van der Waals surface area contributed by atoms with Crippen LogP contribution < -0.4 is 4.74 Å². The van der Waals surface area contributed by atoms with E-state index < -0.39 is 18.2 Å². The molecule has 0 saturated carbocycles. The largest absolute Gasteiger partial charge is 0.483 e. The van der Waals surface area contributed by atoms with Crippen LogP contribution in [0.1, 0.15) is 28.9 Å². The molecule has 2 atom stereocenters. The van der Waals surface area contributed by atoms with Crippen LogP contribution in [0.15, 0.2) is 30.4 Å². The zero-order chi connectivity index (χ0) is 12.6. The summed E-state index contributed by atoms with van der Waals surface area (Å²) in [4.78, 5) is 11.4. The molecule has 2 unspecified atom stereocenters. The predicted octanol–water partition coefficient (Wildman–Crippen LogP) is 1.84. The van der Waals surface area contributed by atoms with E-state index in [4.69, 9.17) is 4.74 Å². The molecule has 0 aromatic heterocycles. The van der Waals surface area contributed by atoms with E-state index in [1.165, 1.54) is 7.11 Å². The summed E-state index contributed by atoms with van der Waals surface area (Å²) in [6.07, 6.45) is -1.23. The van der Waals surface area contributed by atoms with Gasteiger partial charge in [0, 0.05) is 5.56 Å². The fourth-order valence-electron chi connectivity index (χ4n) is 1.87. The van der Waals surface area contributed by atoms with Crippen LogP contribution in [-0.4, -0.2) is 24.3 Å². The van der Waals surface area contributed by atoms with Crippen molar-refractivity contribution >= 4 is 5.97 Å². The van der Waals surface area contributed by atoms with Gasteiger partial charge in [0.15, 0.2) is 0 Å². The molecular weight excluding hydrogens is 220 g/mol. The quantitative estimate of drug-likeness (QED) is 0.626. The number of hydrogen-bond donors (Lipinski definition) is 1. The highest BCUT2D eigenvalue weighted by Gasteiger charge is 2.33. The minimum atomic E-state index is -0.785. The van der Waals surface area contributed by atoms with Crippen LogP contribution >= 0.6 is 0 Å². The van der Waals surface area contributed by atoms with Gasteiger partial charge in [0.2, 0.25) is 0 Å². The number of carbonyl (C=O) groups is 1. The third-order valence-corrected chi connectivity index (χ3v) is 2.78. The Bertz CT molecular complexity index is 478. The standard InChI is InChI=1S/C13H14O4/c1-7(2)12-11(14)9-6-8(13(15)16-3)4-5-10(9)17-12/h4-6,11-12,14H,1H2,2-3H3. The van der Waals surface area contributed by atoms with E-state index in [0.717, 1.165) is 5.57 Å². The first kappa shape index (κ1) is 11.7. The van der Waals surface area contributed by atoms with Crippen molar-refractivity contribution in [2.24, 2.45) is 0 Å². The predicted molar refractivity (Wildman–Crippen MR) is 62.0 cm³/mol. The van der Waals surface area contributed by atoms with Crippen LogP contribution in [0.5, 0.6) is 5.75 Å². The van der Waals surface area contributed by atoms with Gasteiger partial charge >= 0.3 is 5.97 Å². The smallest absolute Gasteiger partial charge is 0.337 e. The van der Waals surface area contributed by atoms with Crippen molar-refractivity contribution in [1.29, 1.82) is 0 Å². The molecule has 1 aromatic carbocycles. The Morgan fingerprint density at radius 3 is 2.82 bits per heavy atom. The minimum absolute atomic E-state index is 0.399. The highest BCUT2D eigenvalue weighted by molar-refractivity contribution is 5.89. The first-order chi connectivity index (χ1) is 8.04. The van der Waals surface area contributed by atoms with Gasteiger partial charge in [-0.2, -0.15) is 0 Å². The van der Waals surface area contributed by atoms with Crippen LogP contribution in [0.2, 0.25) is 0 Å². The number of benzene rings is 1. The molecule has 17 heavy (non-hydrogen) atoms. The van der Waals surface area contributed by atoms with E-state index in [1.807, 2.05) is 0 Å². The summed E-state index contributed by atoms with van der Waals surface area (Å²) in [7, 11) is 1.32. The van der Waals surface area contributed by atoms with Crippen molar-refractivity contribution in [3.8, 4) is 5.75 Å². The molecule has 1 aromatic rings. The molecule has 0 aliphatic carbocycles. The molecule has 1 heterocycles. The number of hydrogen-bond acceptors (Lipinski definition) is 4. The second kappa shape index (κ2) is 4.22. The van der Waals surface area contributed by atoms with Crippen molar-refractivity contribution in [3.05, 3.63) is 41.5 Å². The van der Waals surface area contributed by atoms with Gasteiger partial charge in [0.05, 0.1) is 12.7 Å². The van der Waals surface area contributed by atoms with Gasteiger partial charge in [-0.3, -0.25) is 0 Å². The van der Waals surface area contributed by atoms with Crippen molar-refractivity contribution in [2.45, 2.75) is 19.1 Å². The molecule has 0 spiro atoms. The Balaban J connectivity index is 2.37. The molecule has 1 aliphatic heterocycles. The van der Waals surface area contributed by atoms with Crippen LogP contribution in [0.4, 0.5) is 0 Å². The van der Waals surface area contributed by atoms with Crippen LogP contribution in [0, 0.1) is 0 Å². The molecule has 2 rings (SSSR count). The summed E-state index contributed by atoms with van der Waals surface area (Å²) in [5.74, 6) is 0.150. The fraction of sp³-hybridized carbons (Fsp3) is 0.308. The second-order valence-electron chi connectivity index (χ2n) is 4.07. The Kier molecular flexibility index (Phi) is 2.90. The minimum Gasteiger partial charge on any atom is -0.483 e. The van der Waals surface area contributed by atoms with Gasteiger partial charge in [-0.25, -0.2) is 4.79 Å². The Hall–Kier alpha value is -1.81. The maximum atomic E-state index is 11.4. The lowest BCUT2D eigenvalue weighted by atomic mass is 10.0. The Morgan fingerprint density at radius 2 is 2.24 bits per heavy atom. The SMILES string of the molecule is C=C(C)C1Oc2ccc(C(=O)OC)cc2C1O. The lowest BCUT2D eigenvalue weighted by Gasteiger charge is -2.13. The number of esters is 1. The number of aliphatic hydroxyl groups is 1. The Morgan fingerprint density at radius 1 is 1.53 bits per heavy atom. The number of carbonyl (C=O) groups excluding carboxylic acids is 1. The van der Waals surface area contributed by atoms with Crippen molar-refractivity contribution in [1.82, 2.24) is 0 Å². The lowest BCUT2D eigenvalue weighted by molar-refractivity contribution is 0.0600. The summed E-state index contributed by atoms with van der Waals surface area (Å²) >= 11 is 0. The molecule has 1 aliphatic rings. The fourth-order valence-corrected chi connectivity index (χ4v) is 1.87. The highest BCUT2D eigenvalue weighted by atomic mass is 16.5. The third-order valence-electron chi connectivity index (χ3n) is 2.78. The van der Waals surface area contributed by atoms with E-state index in [2.05, 4.69) is 11.3 Å². The van der Waals surface area contributed by atoms with Crippen LogP contribution in [-0.2, 0) is 4.74 Å². The first-order valence-electron chi connectivity index (χ1n) is 5.27. The van der Waals surface area contributed by atoms with Gasteiger partial charge < -0.3 is 14.6 Å². The van der Waals surface area contributed by atoms with Crippen molar-refractivity contribution in [2.75, 3.05) is 7.11 Å². The maximum Gasteiger partial charge on any atom is 0.337 e. The first-order valence-corrected chi connectivity index (χ1v) is 5.27. The van der Waals surface area contributed by atoms with E-state index in [0.29, 0.717) is 16.9 Å². The van der Waals surface area contributed by atoms with Crippen molar-refractivity contribution < 1.29 is 19.4 Å². The van der Waals surface area contributed by atoms with Crippen LogP contribution in [0.25, 0.3) is 0 Å². The maximum absolute atomic E-state index is 11.4. The van der Waals surface area contributed by atoms with E-state index >= 15 is 0 Å².